The molecule has 0 amide bonds. The zero-order chi connectivity index (χ0) is 14.3. The van der Waals surface area contributed by atoms with Gasteiger partial charge in [-0.15, -0.1) is 0 Å². The topological polar surface area (TPSA) is 54.5 Å². The first-order valence-electron chi connectivity index (χ1n) is 6.31. The second-order valence-corrected chi connectivity index (χ2v) is 8.48. The summed E-state index contributed by atoms with van der Waals surface area (Å²) in [6, 6.07) is 8.98. The molecule has 1 atom stereocenters. The molecule has 19 heavy (non-hydrogen) atoms. The second-order valence-electron chi connectivity index (χ2n) is 5.83. The van der Waals surface area contributed by atoms with Gasteiger partial charge < -0.3 is 0 Å². The van der Waals surface area contributed by atoms with Crippen molar-refractivity contribution < 1.29 is 13.2 Å². The van der Waals surface area contributed by atoms with Gasteiger partial charge in [0.1, 0.15) is 5.78 Å². The summed E-state index contributed by atoms with van der Waals surface area (Å²) in [5.41, 5.74) is 0.876. The van der Waals surface area contributed by atoms with Crippen LogP contribution in [-0.4, -0.2) is 29.8 Å². The van der Waals surface area contributed by atoms with Crippen molar-refractivity contribution in [1.82, 2.24) is 4.31 Å². The van der Waals surface area contributed by atoms with Gasteiger partial charge in [0.15, 0.2) is 0 Å². The van der Waals surface area contributed by atoms with Crippen LogP contribution >= 0.6 is 0 Å². The number of carbonyl (C=O) groups is 1. The molecule has 0 N–H and O–H groups in total. The predicted molar refractivity (Wildman–Crippen MR) is 74.2 cm³/mol. The zero-order valence-corrected chi connectivity index (χ0v) is 12.3. The number of rotatable bonds is 2. The average molecular weight is 281 g/mol. The molecule has 0 bridgehead atoms. The van der Waals surface area contributed by atoms with Gasteiger partial charge in [-0.1, -0.05) is 30.3 Å². The van der Waals surface area contributed by atoms with E-state index in [4.69, 9.17) is 0 Å². The summed E-state index contributed by atoms with van der Waals surface area (Å²) in [6.07, 6.45) is 0.263. The Hall–Kier alpha value is -1.20. The van der Waals surface area contributed by atoms with E-state index in [0.29, 0.717) is 0 Å². The molecule has 0 radical (unpaired) electrons. The van der Waals surface area contributed by atoms with Crippen LogP contribution in [0.4, 0.5) is 0 Å². The highest BCUT2D eigenvalue weighted by molar-refractivity contribution is 7.90. The summed E-state index contributed by atoms with van der Waals surface area (Å²) in [7, 11) is -3.49. The van der Waals surface area contributed by atoms with Gasteiger partial charge in [-0.2, -0.15) is 4.31 Å². The monoisotopic (exact) mass is 281 g/mol. The molecule has 1 aliphatic rings. The number of nitrogens with zero attached hydrogens (tertiary/aromatic N) is 1. The number of sulfonamides is 1. The number of hydrogen-bond acceptors (Lipinski definition) is 3. The first-order valence-corrected chi connectivity index (χ1v) is 7.75. The number of carbonyl (C=O) groups excluding carboxylic acids is 1. The lowest BCUT2D eigenvalue weighted by molar-refractivity contribution is -0.116. The number of ketones is 1. The third-order valence-corrected chi connectivity index (χ3v) is 5.92. The molecule has 1 fully saturated rings. The second kappa shape index (κ2) is 4.72. The van der Waals surface area contributed by atoms with Crippen LogP contribution < -0.4 is 0 Å². The highest BCUT2D eigenvalue weighted by Gasteiger charge is 2.44. The Bertz CT molecular complexity index is 572. The van der Waals surface area contributed by atoms with E-state index >= 15 is 0 Å². The van der Waals surface area contributed by atoms with E-state index in [1.165, 1.54) is 4.31 Å². The van der Waals surface area contributed by atoms with E-state index in [1.54, 1.807) is 20.8 Å². The molecule has 0 unspecified atom stereocenters. The predicted octanol–water partition coefficient (Wildman–Crippen LogP) is 2.13. The maximum absolute atomic E-state index is 12.6. The SMILES string of the molecule is CC(C)(C)S(=O)(=O)N1CC(=O)C[C@@H]1c1ccccc1. The van der Waals surface area contributed by atoms with Crippen LogP contribution in [-0.2, 0) is 14.8 Å². The summed E-state index contributed by atoms with van der Waals surface area (Å²) in [6.45, 7) is 4.96. The minimum absolute atomic E-state index is 0.0147. The molecule has 1 aromatic carbocycles. The van der Waals surface area contributed by atoms with Crippen LogP contribution in [0.5, 0.6) is 0 Å². The summed E-state index contributed by atoms with van der Waals surface area (Å²) < 4.78 is 25.6. The summed E-state index contributed by atoms with van der Waals surface area (Å²) >= 11 is 0. The van der Waals surface area contributed by atoms with Gasteiger partial charge >= 0.3 is 0 Å². The van der Waals surface area contributed by atoms with Crippen molar-refractivity contribution in [3.05, 3.63) is 35.9 Å². The maximum Gasteiger partial charge on any atom is 0.220 e. The zero-order valence-electron chi connectivity index (χ0n) is 11.5. The largest absolute Gasteiger partial charge is 0.298 e. The molecule has 5 heteroatoms. The van der Waals surface area contributed by atoms with E-state index in [-0.39, 0.29) is 24.8 Å². The molecule has 1 aromatic rings. The molecule has 104 valence electrons. The van der Waals surface area contributed by atoms with Gasteiger partial charge in [0, 0.05) is 6.42 Å². The van der Waals surface area contributed by atoms with Crippen molar-refractivity contribution in [2.75, 3.05) is 6.54 Å². The third kappa shape index (κ3) is 2.58. The Kier molecular flexibility index (Phi) is 3.53. The van der Waals surface area contributed by atoms with Gasteiger partial charge in [-0.3, -0.25) is 4.79 Å². The standard InChI is InChI=1S/C14H19NO3S/c1-14(2,3)19(17,18)15-10-12(16)9-13(15)11-7-5-4-6-8-11/h4-8,13H,9-10H2,1-3H3/t13-/m1/s1. The van der Waals surface area contributed by atoms with Crippen LogP contribution in [0.2, 0.25) is 0 Å². The Morgan fingerprint density at radius 3 is 2.26 bits per heavy atom. The molecule has 1 saturated heterocycles. The quantitative estimate of drug-likeness (QED) is 0.834. The fourth-order valence-corrected chi connectivity index (χ4v) is 3.78. The number of benzene rings is 1. The first kappa shape index (κ1) is 14.2. The average Bonchev–Trinajstić information content (AvgIpc) is 2.71. The number of hydrogen-bond donors (Lipinski definition) is 0. The van der Waals surface area contributed by atoms with Crippen molar-refractivity contribution in [2.45, 2.75) is 38.0 Å². The van der Waals surface area contributed by atoms with Crippen LogP contribution in [0.3, 0.4) is 0 Å². The van der Waals surface area contributed by atoms with E-state index in [1.807, 2.05) is 30.3 Å². The molecular formula is C14H19NO3S. The molecule has 1 heterocycles. The maximum atomic E-state index is 12.6. The third-order valence-electron chi connectivity index (χ3n) is 3.37. The van der Waals surface area contributed by atoms with Gasteiger partial charge in [0.25, 0.3) is 0 Å². The fourth-order valence-electron chi connectivity index (χ4n) is 2.23. The van der Waals surface area contributed by atoms with Crippen LogP contribution in [0, 0.1) is 0 Å². The summed E-state index contributed by atoms with van der Waals surface area (Å²) in [5, 5.41) is 0. The first-order chi connectivity index (χ1) is 8.73. The Morgan fingerprint density at radius 1 is 1.16 bits per heavy atom. The minimum atomic E-state index is -3.49. The highest BCUT2D eigenvalue weighted by atomic mass is 32.2. The Labute approximate surface area is 114 Å². The Morgan fingerprint density at radius 2 is 1.74 bits per heavy atom. The lowest BCUT2D eigenvalue weighted by atomic mass is 10.1. The van der Waals surface area contributed by atoms with Crippen LogP contribution in [0.25, 0.3) is 0 Å². The van der Waals surface area contributed by atoms with Crippen molar-refractivity contribution in [2.24, 2.45) is 0 Å². The highest BCUT2D eigenvalue weighted by Crippen LogP contribution is 2.36. The summed E-state index contributed by atoms with van der Waals surface area (Å²) in [5.74, 6) is -0.0262. The fraction of sp³-hybridized carbons (Fsp3) is 0.500. The molecule has 1 aliphatic heterocycles. The molecule has 2 rings (SSSR count). The smallest absolute Gasteiger partial charge is 0.220 e. The van der Waals surface area contributed by atoms with Crippen molar-refractivity contribution >= 4 is 15.8 Å². The van der Waals surface area contributed by atoms with E-state index in [2.05, 4.69) is 0 Å². The summed E-state index contributed by atoms with van der Waals surface area (Å²) in [4.78, 5) is 11.7. The van der Waals surface area contributed by atoms with Crippen LogP contribution in [0.15, 0.2) is 30.3 Å². The van der Waals surface area contributed by atoms with Gasteiger partial charge in [-0.05, 0) is 26.3 Å². The lowest BCUT2D eigenvalue weighted by Gasteiger charge is -2.30. The van der Waals surface area contributed by atoms with E-state index in [0.717, 1.165) is 5.56 Å². The van der Waals surface area contributed by atoms with Crippen LogP contribution in [0.1, 0.15) is 38.8 Å². The Balaban J connectivity index is 2.42. The van der Waals surface area contributed by atoms with Crippen molar-refractivity contribution in [3.63, 3.8) is 0 Å². The number of Topliss-reactive ketones (excluding diaryl/α,β-unsaturated/α-hetero) is 1. The molecule has 0 aliphatic carbocycles. The molecule has 0 aromatic heterocycles. The molecule has 0 saturated carbocycles. The van der Waals surface area contributed by atoms with E-state index in [9.17, 15) is 13.2 Å². The minimum Gasteiger partial charge on any atom is -0.298 e. The lowest BCUT2D eigenvalue weighted by Crippen LogP contribution is -2.42. The van der Waals surface area contributed by atoms with Gasteiger partial charge in [0.05, 0.1) is 17.3 Å². The van der Waals surface area contributed by atoms with Gasteiger partial charge in [-0.25, -0.2) is 8.42 Å². The van der Waals surface area contributed by atoms with Crippen molar-refractivity contribution in [1.29, 1.82) is 0 Å². The normalized spacial score (nSPS) is 21.8. The van der Waals surface area contributed by atoms with E-state index < -0.39 is 14.8 Å². The van der Waals surface area contributed by atoms with Crippen molar-refractivity contribution in [3.8, 4) is 0 Å². The molecule has 0 spiro atoms. The molecular weight excluding hydrogens is 262 g/mol. The van der Waals surface area contributed by atoms with Gasteiger partial charge in [0.2, 0.25) is 10.0 Å². The molecule has 4 nitrogen and oxygen atoms in total.